The Balaban J connectivity index is 2.52. The molecule has 0 saturated carbocycles. The summed E-state index contributed by atoms with van der Waals surface area (Å²) in [6, 6.07) is 0. The van der Waals surface area contributed by atoms with E-state index >= 15 is 0 Å². The first-order chi connectivity index (χ1) is 5.66. The lowest BCUT2D eigenvalue weighted by Gasteiger charge is -2.01. The lowest BCUT2D eigenvalue weighted by atomic mass is 10.3. The molecule has 0 radical (unpaired) electrons. The summed E-state index contributed by atoms with van der Waals surface area (Å²) in [5.41, 5.74) is 1.91. The van der Waals surface area contributed by atoms with Crippen LogP contribution in [0.3, 0.4) is 0 Å². The van der Waals surface area contributed by atoms with Gasteiger partial charge in [-0.05, 0) is 11.6 Å². The van der Waals surface area contributed by atoms with Gasteiger partial charge in [0.15, 0.2) is 0 Å². The second kappa shape index (κ2) is 3.08. The van der Waals surface area contributed by atoms with E-state index in [-0.39, 0.29) is 5.28 Å². The zero-order chi connectivity index (χ0) is 8.72. The van der Waals surface area contributed by atoms with Crippen LogP contribution in [0.5, 0.6) is 0 Å². The summed E-state index contributed by atoms with van der Waals surface area (Å²) in [6.45, 7) is 1.54. The fourth-order valence-electron chi connectivity index (χ4n) is 1.21. The lowest BCUT2D eigenvalue weighted by molar-refractivity contribution is 0.504. The molecule has 1 unspecified atom stereocenters. The van der Waals surface area contributed by atoms with Gasteiger partial charge in [0.2, 0.25) is 5.28 Å². The van der Waals surface area contributed by atoms with Crippen molar-refractivity contribution in [3.8, 4) is 0 Å². The van der Waals surface area contributed by atoms with Crippen molar-refractivity contribution in [2.45, 2.75) is 13.1 Å². The van der Waals surface area contributed by atoms with Gasteiger partial charge < -0.3 is 0 Å². The SMILES string of the molecule is PN1Cc2nc(Cl)nc(Cl)c2C1. The van der Waals surface area contributed by atoms with Crippen LogP contribution < -0.4 is 0 Å². The van der Waals surface area contributed by atoms with Gasteiger partial charge >= 0.3 is 0 Å². The largest absolute Gasteiger partial charge is 0.277 e. The Morgan fingerprint density at radius 2 is 2.00 bits per heavy atom. The molecule has 3 nitrogen and oxygen atoms in total. The van der Waals surface area contributed by atoms with Gasteiger partial charge in [-0.3, -0.25) is 4.67 Å². The van der Waals surface area contributed by atoms with Crippen molar-refractivity contribution in [3.63, 3.8) is 0 Å². The Hall–Kier alpha value is 0.0500. The second-order valence-corrected chi connectivity index (χ2v) is 4.04. The van der Waals surface area contributed by atoms with Gasteiger partial charge in [-0.25, -0.2) is 9.97 Å². The molecule has 2 heterocycles. The van der Waals surface area contributed by atoms with Crippen LogP contribution in [0.1, 0.15) is 11.3 Å². The highest BCUT2D eigenvalue weighted by Crippen LogP contribution is 2.29. The fraction of sp³-hybridized carbons (Fsp3) is 0.333. The molecular weight excluding hydrogens is 216 g/mol. The monoisotopic (exact) mass is 221 g/mol. The molecule has 12 heavy (non-hydrogen) atoms. The molecule has 64 valence electrons. The van der Waals surface area contributed by atoms with Gasteiger partial charge in [0.05, 0.1) is 5.69 Å². The molecule has 0 aliphatic carbocycles. The molecule has 6 heteroatoms. The van der Waals surface area contributed by atoms with E-state index in [2.05, 4.69) is 19.4 Å². The van der Waals surface area contributed by atoms with Crippen LogP contribution >= 0.6 is 32.6 Å². The normalized spacial score (nSPS) is 16.6. The van der Waals surface area contributed by atoms with Gasteiger partial charge in [-0.2, -0.15) is 0 Å². The summed E-state index contributed by atoms with van der Waals surface area (Å²) in [5, 5.41) is 0.689. The number of fused-ring (bicyclic) bond motifs is 1. The molecule has 0 saturated heterocycles. The molecule has 0 amide bonds. The lowest BCUT2D eigenvalue weighted by Crippen LogP contribution is -1.98. The maximum atomic E-state index is 5.87. The number of aromatic nitrogens is 2. The molecule has 1 aromatic heterocycles. The van der Waals surface area contributed by atoms with Crippen molar-refractivity contribution in [3.05, 3.63) is 21.7 Å². The molecule has 0 N–H and O–H groups in total. The van der Waals surface area contributed by atoms with Gasteiger partial charge in [-0.15, -0.1) is 0 Å². The third-order valence-corrected chi connectivity index (χ3v) is 2.58. The van der Waals surface area contributed by atoms with E-state index in [1.54, 1.807) is 0 Å². The molecule has 1 aliphatic rings. The van der Waals surface area contributed by atoms with Crippen molar-refractivity contribution in [1.82, 2.24) is 14.6 Å². The average molecular weight is 222 g/mol. The zero-order valence-corrected chi connectivity index (χ0v) is 8.76. The second-order valence-electron chi connectivity index (χ2n) is 2.61. The van der Waals surface area contributed by atoms with Crippen molar-refractivity contribution in [2.24, 2.45) is 0 Å². The molecule has 2 rings (SSSR count). The van der Waals surface area contributed by atoms with Crippen LogP contribution in [-0.4, -0.2) is 14.6 Å². The molecule has 0 spiro atoms. The van der Waals surface area contributed by atoms with E-state index in [1.165, 1.54) is 0 Å². The van der Waals surface area contributed by atoms with Crippen molar-refractivity contribution in [2.75, 3.05) is 0 Å². The highest BCUT2D eigenvalue weighted by Gasteiger charge is 2.21. The topological polar surface area (TPSA) is 29.0 Å². The van der Waals surface area contributed by atoms with Crippen molar-refractivity contribution in [1.29, 1.82) is 0 Å². The fourth-order valence-corrected chi connectivity index (χ4v) is 2.04. The van der Waals surface area contributed by atoms with Crippen LogP contribution in [0.25, 0.3) is 0 Å². The van der Waals surface area contributed by atoms with Crippen molar-refractivity contribution < 1.29 is 0 Å². The Bertz CT molecular complexity index is 331. The standard InChI is InChI=1S/C6H6Cl2N3P/c7-5-3-1-11(12)2-4(3)9-6(8)10-5/h1-2,12H2. The Labute approximate surface area is 82.3 Å². The highest BCUT2D eigenvalue weighted by atomic mass is 35.5. The molecule has 1 aromatic rings. The van der Waals surface area contributed by atoms with E-state index in [0.29, 0.717) is 5.15 Å². The van der Waals surface area contributed by atoms with Crippen LogP contribution in [0.4, 0.5) is 0 Å². The number of hydrogen-bond donors (Lipinski definition) is 0. The molecule has 0 aromatic carbocycles. The molecule has 0 bridgehead atoms. The summed E-state index contributed by atoms with van der Waals surface area (Å²) in [6.07, 6.45) is 0. The minimum absolute atomic E-state index is 0.221. The predicted molar refractivity (Wildman–Crippen MR) is 51.0 cm³/mol. The third kappa shape index (κ3) is 1.42. The Morgan fingerprint density at radius 3 is 2.75 bits per heavy atom. The number of nitrogens with zero attached hydrogens (tertiary/aromatic N) is 3. The predicted octanol–water partition coefficient (Wildman–Crippen LogP) is 1.89. The molecule has 1 aliphatic heterocycles. The van der Waals surface area contributed by atoms with E-state index in [4.69, 9.17) is 23.2 Å². The molecule has 0 fully saturated rings. The number of rotatable bonds is 0. The summed E-state index contributed by atoms with van der Waals surface area (Å²) >= 11 is 11.5. The number of hydrogen-bond acceptors (Lipinski definition) is 3. The van der Waals surface area contributed by atoms with E-state index in [1.807, 2.05) is 4.67 Å². The smallest absolute Gasteiger partial charge is 0.224 e. The summed E-state index contributed by atoms with van der Waals surface area (Å²) < 4.78 is 2.03. The van der Waals surface area contributed by atoms with E-state index in [9.17, 15) is 0 Å². The Morgan fingerprint density at radius 1 is 1.25 bits per heavy atom. The van der Waals surface area contributed by atoms with Gasteiger partial charge in [0.1, 0.15) is 5.15 Å². The minimum Gasteiger partial charge on any atom is -0.277 e. The Kier molecular flexibility index (Phi) is 2.21. The summed E-state index contributed by atoms with van der Waals surface area (Å²) in [5.74, 6) is 0. The minimum atomic E-state index is 0.221. The van der Waals surface area contributed by atoms with Crippen LogP contribution in [-0.2, 0) is 13.1 Å². The quantitative estimate of drug-likeness (QED) is 0.381. The first kappa shape index (κ1) is 8.64. The number of halogens is 2. The van der Waals surface area contributed by atoms with Gasteiger partial charge in [0, 0.05) is 18.7 Å². The van der Waals surface area contributed by atoms with Gasteiger partial charge in [0.25, 0.3) is 0 Å². The molecule has 1 atom stereocenters. The van der Waals surface area contributed by atoms with Crippen LogP contribution in [0.15, 0.2) is 0 Å². The average Bonchev–Trinajstić information content (AvgIpc) is 2.29. The van der Waals surface area contributed by atoms with Crippen LogP contribution in [0, 0.1) is 0 Å². The highest BCUT2D eigenvalue weighted by molar-refractivity contribution is 7.13. The maximum Gasteiger partial charge on any atom is 0.224 e. The van der Waals surface area contributed by atoms with Gasteiger partial charge in [-0.1, -0.05) is 21.0 Å². The first-order valence-corrected chi connectivity index (χ1v) is 4.64. The van der Waals surface area contributed by atoms with Crippen molar-refractivity contribution >= 4 is 32.6 Å². The summed E-state index contributed by atoms with van der Waals surface area (Å²) in [4.78, 5) is 7.94. The summed E-state index contributed by atoms with van der Waals surface area (Å²) in [7, 11) is 2.60. The van der Waals surface area contributed by atoms with E-state index in [0.717, 1.165) is 24.3 Å². The van der Waals surface area contributed by atoms with E-state index < -0.39 is 0 Å². The molecular formula is C6H6Cl2N3P. The first-order valence-electron chi connectivity index (χ1n) is 3.37. The zero-order valence-electron chi connectivity index (χ0n) is 6.09. The van der Waals surface area contributed by atoms with Crippen LogP contribution in [0.2, 0.25) is 10.4 Å². The third-order valence-electron chi connectivity index (χ3n) is 1.73. The maximum absolute atomic E-state index is 5.87.